The van der Waals surface area contributed by atoms with Gasteiger partial charge >= 0.3 is 0 Å². The van der Waals surface area contributed by atoms with E-state index in [1.165, 1.54) is 12.1 Å². The Hall–Kier alpha value is -1.70. The molecule has 8 heteroatoms. The molecule has 6 nitrogen and oxygen atoms in total. The van der Waals surface area contributed by atoms with E-state index in [9.17, 15) is 14.0 Å². The van der Waals surface area contributed by atoms with Crippen LogP contribution in [0.2, 0.25) is 0 Å². The van der Waals surface area contributed by atoms with Crippen LogP contribution in [0.1, 0.15) is 37.7 Å². The summed E-state index contributed by atoms with van der Waals surface area (Å²) in [6.45, 7) is 3.59. The molecule has 3 N–H and O–H groups in total. The van der Waals surface area contributed by atoms with Gasteiger partial charge in [0.05, 0.1) is 12.0 Å². The number of nitrogens with two attached hydrogens (primary N) is 1. The quantitative estimate of drug-likeness (QED) is 0.728. The van der Waals surface area contributed by atoms with Crippen molar-refractivity contribution in [2.75, 3.05) is 32.7 Å². The molecule has 2 atom stereocenters. The minimum Gasteiger partial charge on any atom is -0.355 e. The largest absolute Gasteiger partial charge is 0.355 e. The molecule has 2 heterocycles. The van der Waals surface area contributed by atoms with Gasteiger partial charge in [-0.1, -0.05) is 18.6 Å². The van der Waals surface area contributed by atoms with Crippen molar-refractivity contribution in [3.8, 4) is 0 Å². The van der Waals surface area contributed by atoms with Gasteiger partial charge in [0.1, 0.15) is 5.82 Å². The molecule has 1 aromatic rings. The second-order valence-corrected chi connectivity index (χ2v) is 7.81. The number of rotatable bonds is 6. The molecule has 2 saturated heterocycles. The molecule has 3 rings (SSSR count). The second kappa shape index (κ2) is 11.5. The number of carbonyl (C=O) groups is 2. The summed E-state index contributed by atoms with van der Waals surface area (Å²) in [5.41, 5.74) is 6.47. The van der Waals surface area contributed by atoms with Crippen LogP contribution >= 0.6 is 12.4 Å². The number of amides is 2. The fourth-order valence-corrected chi connectivity index (χ4v) is 4.23. The van der Waals surface area contributed by atoms with Gasteiger partial charge in [-0.2, -0.15) is 0 Å². The average molecular weight is 427 g/mol. The summed E-state index contributed by atoms with van der Waals surface area (Å²) in [6, 6.07) is 6.33. The lowest BCUT2D eigenvalue weighted by Gasteiger charge is -2.40. The maximum Gasteiger partial charge on any atom is 0.239 e. The van der Waals surface area contributed by atoms with E-state index in [1.54, 1.807) is 12.1 Å². The first kappa shape index (κ1) is 23.6. The van der Waals surface area contributed by atoms with Crippen LogP contribution in [0.4, 0.5) is 4.39 Å². The molecule has 0 spiro atoms. The lowest BCUT2D eigenvalue weighted by Crippen LogP contribution is -2.54. The van der Waals surface area contributed by atoms with Crippen LogP contribution in [-0.4, -0.2) is 60.4 Å². The molecular weight excluding hydrogens is 395 g/mol. The van der Waals surface area contributed by atoms with E-state index in [0.717, 1.165) is 44.2 Å². The fraction of sp³-hybridized carbons (Fsp3) is 0.619. The van der Waals surface area contributed by atoms with E-state index in [-0.39, 0.29) is 42.0 Å². The Morgan fingerprint density at radius 1 is 1.10 bits per heavy atom. The summed E-state index contributed by atoms with van der Waals surface area (Å²) in [5.74, 6) is -0.284. The highest BCUT2D eigenvalue weighted by atomic mass is 35.5. The Morgan fingerprint density at radius 3 is 2.59 bits per heavy atom. The first-order chi connectivity index (χ1) is 13.6. The number of nitrogens with zero attached hydrogens (tertiary/aromatic N) is 2. The zero-order valence-corrected chi connectivity index (χ0v) is 17.6. The third-order valence-corrected chi connectivity index (χ3v) is 5.75. The van der Waals surface area contributed by atoms with Gasteiger partial charge in [-0.3, -0.25) is 14.5 Å². The Bertz CT molecular complexity index is 673. The summed E-state index contributed by atoms with van der Waals surface area (Å²) in [5, 5.41) is 2.84. The standard InChI is InChI=1S/C21H31FN4O2.ClH/c22-18-8-6-16(7-9-18)14-25-12-2-1-5-19(25)21(28)26-13-3-4-17(15-26)20(27)24-11-10-23;/h6-9,17,19H,1-5,10-15,23H2,(H,24,27);1H. The summed E-state index contributed by atoms with van der Waals surface area (Å²) in [4.78, 5) is 29.6. The maximum absolute atomic E-state index is 13.3. The van der Waals surface area contributed by atoms with E-state index in [0.29, 0.717) is 32.7 Å². The Kier molecular flexibility index (Phi) is 9.33. The number of piperidine rings is 2. The van der Waals surface area contributed by atoms with Gasteiger partial charge in [0, 0.05) is 32.7 Å². The van der Waals surface area contributed by atoms with Gasteiger partial charge in [-0.15, -0.1) is 12.4 Å². The molecule has 2 unspecified atom stereocenters. The SMILES string of the molecule is Cl.NCCNC(=O)C1CCCN(C(=O)C2CCCCN2Cc2ccc(F)cc2)C1. The lowest BCUT2D eigenvalue weighted by molar-refractivity contribution is -0.142. The maximum atomic E-state index is 13.3. The lowest BCUT2D eigenvalue weighted by atomic mass is 9.94. The van der Waals surface area contributed by atoms with Gasteiger partial charge in [0.25, 0.3) is 0 Å². The van der Waals surface area contributed by atoms with Crippen molar-refractivity contribution in [1.29, 1.82) is 0 Å². The van der Waals surface area contributed by atoms with Crippen molar-refractivity contribution in [2.24, 2.45) is 11.7 Å². The molecule has 0 saturated carbocycles. The van der Waals surface area contributed by atoms with Crippen molar-refractivity contribution >= 4 is 24.2 Å². The van der Waals surface area contributed by atoms with Gasteiger partial charge in [-0.05, 0) is 49.9 Å². The minimum atomic E-state index is -0.248. The minimum absolute atomic E-state index is 0. The summed E-state index contributed by atoms with van der Waals surface area (Å²) in [6.07, 6.45) is 4.58. The van der Waals surface area contributed by atoms with Gasteiger partial charge in [-0.25, -0.2) is 4.39 Å². The van der Waals surface area contributed by atoms with Crippen LogP contribution in [0.15, 0.2) is 24.3 Å². The van der Waals surface area contributed by atoms with Crippen LogP contribution < -0.4 is 11.1 Å². The van der Waals surface area contributed by atoms with E-state index >= 15 is 0 Å². The Balaban J connectivity index is 0.00000300. The molecule has 2 aliphatic heterocycles. The highest BCUT2D eigenvalue weighted by Crippen LogP contribution is 2.24. The first-order valence-electron chi connectivity index (χ1n) is 10.3. The number of likely N-dealkylation sites (tertiary alicyclic amines) is 2. The van der Waals surface area contributed by atoms with Crippen molar-refractivity contribution in [3.63, 3.8) is 0 Å². The Labute approximate surface area is 178 Å². The molecule has 162 valence electrons. The predicted octanol–water partition coefficient (Wildman–Crippen LogP) is 1.92. The van der Waals surface area contributed by atoms with E-state index in [4.69, 9.17) is 5.73 Å². The molecular formula is C21H32ClFN4O2. The predicted molar refractivity (Wildman–Crippen MR) is 113 cm³/mol. The molecule has 29 heavy (non-hydrogen) atoms. The van der Waals surface area contributed by atoms with Gasteiger partial charge in [0.15, 0.2) is 0 Å². The third kappa shape index (κ3) is 6.39. The molecule has 1 aromatic carbocycles. The Morgan fingerprint density at radius 2 is 1.86 bits per heavy atom. The average Bonchev–Trinajstić information content (AvgIpc) is 2.73. The molecule has 2 fully saturated rings. The van der Waals surface area contributed by atoms with Crippen LogP contribution in [0.25, 0.3) is 0 Å². The molecule has 0 bridgehead atoms. The van der Waals surface area contributed by atoms with Crippen molar-refractivity contribution in [2.45, 2.75) is 44.7 Å². The monoisotopic (exact) mass is 426 g/mol. The smallest absolute Gasteiger partial charge is 0.239 e. The number of carbonyl (C=O) groups excluding carboxylic acids is 2. The normalized spacial score (nSPS) is 22.6. The van der Waals surface area contributed by atoms with Crippen molar-refractivity contribution in [1.82, 2.24) is 15.1 Å². The van der Waals surface area contributed by atoms with Crippen LogP contribution in [-0.2, 0) is 16.1 Å². The van der Waals surface area contributed by atoms with Gasteiger partial charge in [0.2, 0.25) is 11.8 Å². The second-order valence-electron chi connectivity index (χ2n) is 7.81. The molecule has 2 amide bonds. The molecule has 2 aliphatic rings. The molecule has 0 aliphatic carbocycles. The summed E-state index contributed by atoms with van der Waals surface area (Å²) >= 11 is 0. The third-order valence-electron chi connectivity index (χ3n) is 5.75. The van der Waals surface area contributed by atoms with Crippen LogP contribution in [0.5, 0.6) is 0 Å². The van der Waals surface area contributed by atoms with Crippen molar-refractivity contribution < 1.29 is 14.0 Å². The zero-order valence-electron chi connectivity index (χ0n) is 16.8. The highest BCUT2D eigenvalue weighted by Gasteiger charge is 2.35. The number of halogens is 2. The zero-order chi connectivity index (χ0) is 19.9. The van der Waals surface area contributed by atoms with Crippen LogP contribution in [0.3, 0.4) is 0 Å². The van der Waals surface area contributed by atoms with E-state index < -0.39 is 0 Å². The van der Waals surface area contributed by atoms with Crippen molar-refractivity contribution in [3.05, 3.63) is 35.6 Å². The number of benzene rings is 1. The van der Waals surface area contributed by atoms with E-state index in [2.05, 4.69) is 10.2 Å². The highest BCUT2D eigenvalue weighted by molar-refractivity contribution is 5.85. The number of nitrogens with one attached hydrogen (secondary N) is 1. The summed E-state index contributed by atoms with van der Waals surface area (Å²) in [7, 11) is 0. The number of hydrogen-bond donors (Lipinski definition) is 2. The van der Waals surface area contributed by atoms with E-state index in [1.807, 2.05) is 4.90 Å². The van der Waals surface area contributed by atoms with Crippen LogP contribution in [0, 0.1) is 11.7 Å². The van der Waals surface area contributed by atoms with Gasteiger partial charge < -0.3 is 16.0 Å². The fourth-order valence-electron chi connectivity index (χ4n) is 4.23. The summed E-state index contributed by atoms with van der Waals surface area (Å²) < 4.78 is 13.2. The number of hydrogen-bond acceptors (Lipinski definition) is 4. The topological polar surface area (TPSA) is 78.7 Å². The molecule has 0 radical (unpaired) electrons. The first-order valence-corrected chi connectivity index (χ1v) is 10.3. The molecule has 0 aromatic heterocycles.